The van der Waals surface area contributed by atoms with Gasteiger partial charge < -0.3 is 4.74 Å². The Hall–Kier alpha value is -3.67. The van der Waals surface area contributed by atoms with Crippen LogP contribution in [0, 0.1) is 11.5 Å². The fraction of sp³-hybridized carbons (Fsp3) is 0.0909. The van der Waals surface area contributed by atoms with Gasteiger partial charge in [-0.1, -0.05) is 54.6 Å². The Bertz CT molecular complexity index is 967. The van der Waals surface area contributed by atoms with Gasteiger partial charge >= 0.3 is 0 Å². The Balaban J connectivity index is 2.14. The van der Waals surface area contributed by atoms with E-state index in [0.29, 0.717) is 11.4 Å². The minimum Gasteiger partial charge on any atom is -0.388 e. The van der Waals surface area contributed by atoms with E-state index in [0.717, 1.165) is 16.7 Å². The van der Waals surface area contributed by atoms with Crippen LogP contribution in [0.15, 0.2) is 83.9 Å². The zero-order valence-corrected chi connectivity index (χ0v) is 14.2. The highest BCUT2D eigenvalue weighted by molar-refractivity contribution is 5.54. The molecular weight excluding hydrogens is 324 g/mol. The lowest BCUT2D eigenvalue weighted by molar-refractivity contribution is 0.506. The second-order valence-corrected chi connectivity index (χ2v) is 5.96. The van der Waals surface area contributed by atoms with Crippen molar-refractivity contribution in [3.05, 3.63) is 95.6 Å². The van der Waals surface area contributed by atoms with Crippen molar-refractivity contribution < 1.29 is 9.53 Å². The Morgan fingerprint density at radius 2 is 1.38 bits per heavy atom. The van der Waals surface area contributed by atoms with Crippen LogP contribution < -0.4 is 4.74 Å². The molecule has 3 aromatic carbocycles. The molecule has 0 amide bonds. The van der Waals surface area contributed by atoms with E-state index < -0.39 is 5.41 Å². The predicted molar refractivity (Wildman–Crippen MR) is 98.9 cm³/mol. The molecule has 0 aliphatic carbocycles. The Morgan fingerprint density at radius 3 is 1.92 bits per heavy atom. The van der Waals surface area contributed by atoms with Crippen molar-refractivity contribution in [2.45, 2.75) is 12.3 Å². The molecule has 0 bridgehead atoms. The van der Waals surface area contributed by atoms with E-state index in [1.807, 2.05) is 42.5 Å². The van der Waals surface area contributed by atoms with Crippen LogP contribution in [0.5, 0.6) is 5.75 Å². The molecule has 0 radical (unpaired) electrons. The van der Waals surface area contributed by atoms with Gasteiger partial charge in [-0.15, -0.1) is 5.26 Å². The molecule has 3 rings (SSSR count). The van der Waals surface area contributed by atoms with Gasteiger partial charge in [-0.3, -0.25) is 0 Å². The van der Waals surface area contributed by atoms with Crippen molar-refractivity contribution in [3.63, 3.8) is 0 Å². The van der Waals surface area contributed by atoms with E-state index >= 15 is 0 Å². The number of benzene rings is 3. The molecule has 0 heterocycles. The maximum atomic E-state index is 10.5. The fourth-order valence-corrected chi connectivity index (χ4v) is 3.10. The molecule has 0 spiro atoms. The number of isocyanates is 1. The van der Waals surface area contributed by atoms with Crippen LogP contribution in [0.1, 0.15) is 23.6 Å². The van der Waals surface area contributed by atoms with Crippen LogP contribution in [0.4, 0.5) is 5.69 Å². The van der Waals surface area contributed by atoms with E-state index in [-0.39, 0.29) is 0 Å². The van der Waals surface area contributed by atoms with E-state index in [4.69, 9.17) is 10.00 Å². The highest BCUT2D eigenvalue weighted by atomic mass is 16.5. The number of hydrogen-bond acceptors (Lipinski definition) is 4. The van der Waals surface area contributed by atoms with Gasteiger partial charge in [0.05, 0.1) is 5.69 Å². The third-order valence-electron chi connectivity index (χ3n) is 4.57. The molecule has 0 aromatic heterocycles. The average molecular weight is 340 g/mol. The van der Waals surface area contributed by atoms with Crippen LogP contribution in [0.25, 0.3) is 0 Å². The summed E-state index contributed by atoms with van der Waals surface area (Å²) in [4.78, 5) is 14.1. The summed E-state index contributed by atoms with van der Waals surface area (Å²) in [6.07, 6.45) is 3.24. The lowest BCUT2D eigenvalue weighted by Gasteiger charge is -2.32. The number of hydrogen-bond donors (Lipinski definition) is 0. The first kappa shape index (κ1) is 17.2. The van der Waals surface area contributed by atoms with Crippen LogP contribution in [-0.2, 0) is 10.2 Å². The van der Waals surface area contributed by atoms with Crippen molar-refractivity contribution in [1.82, 2.24) is 0 Å². The third kappa shape index (κ3) is 3.25. The molecule has 26 heavy (non-hydrogen) atoms. The largest absolute Gasteiger partial charge is 0.388 e. The topological polar surface area (TPSA) is 62.4 Å². The molecule has 1 unspecified atom stereocenters. The van der Waals surface area contributed by atoms with Gasteiger partial charge in [0.2, 0.25) is 6.08 Å². The minimum atomic E-state index is -0.421. The zero-order valence-electron chi connectivity index (χ0n) is 14.2. The SMILES string of the molecule is CC(c1ccccc1)(c1ccc(N=C=O)cc1)c1ccc(OC#N)cc1. The Kier molecular flexibility index (Phi) is 4.94. The summed E-state index contributed by atoms with van der Waals surface area (Å²) >= 11 is 0. The molecule has 1 atom stereocenters. The summed E-state index contributed by atoms with van der Waals surface area (Å²) in [5.74, 6) is 0.502. The summed E-state index contributed by atoms with van der Waals surface area (Å²) in [6, 6.07) is 25.2. The fourth-order valence-electron chi connectivity index (χ4n) is 3.10. The van der Waals surface area contributed by atoms with Gasteiger partial charge in [0.1, 0.15) is 5.75 Å². The molecule has 4 nitrogen and oxygen atoms in total. The van der Waals surface area contributed by atoms with Crippen molar-refractivity contribution in [2.24, 2.45) is 4.99 Å². The van der Waals surface area contributed by atoms with E-state index in [9.17, 15) is 4.79 Å². The van der Waals surface area contributed by atoms with Gasteiger partial charge in [-0.2, -0.15) is 4.99 Å². The lowest BCUT2D eigenvalue weighted by atomic mass is 9.71. The second-order valence-electron chi connectivity index (χ2n) is 5.96. The standard InChI is InChI=1S/C22H16N2O2/c1-22(17-5-3-2-4-6-17,18-7-11-20(12-8-18)24-16-25)19-9-13-21(14-10-19)26-15-23/h2-14H,1H3. The first-order chi connectivity index (χ1) is 12.7. The number of carbonyl (C=O) groups excluding carboxylic acids is 1. The normalized spacial score (nSPS) is 12.3. The Labute approximate surface area is 152 Å². The first-order valence-electron chi connectivity index (χ1n) is 8.09. The minimum absolute atomic E-state index is 0.421. The average Bonchev–Trinajstić information content (AvgIpc) is 2.70. The number of nitrogens with zero attached hydrogens (tertiary/aromatic N) is 2. The number of ether oxygens (including phenoxy) is 1. The summed E-state index contributed by atoms with van der Waals surface area (Å²) < 4.78 is 4.88. The molecule has 0 fully saturated rings. The van der Waals surface area contributed by atoms with E-state index in [2.05, 4.69) is 24.0 Å². The van der Waals surface area contributed by atoms with Gasteiger partial charge in [0.15, 0.2) is 0 Å². The summed E-state index contributed by atoms with van der Waals surface area (Å²) in [5, 5.41) is 8.67. The molecule has 0 N–H and O–H groups in total. The van der Waals surface area contributed by atoms with Crippen LogP contribution in [0.3, 0.4) is 0 Å². The van der Waals surface area contributed by atoms with Gasteiger partial charge in [0.25, 0.3) is 6.26 Å². The Morgan fingerprint density at radius 1 is 0.846 bits per heavy atom. The number of nitriles is 1. The summed E-state index contributed by atoms with van der Waals surface area (Å²) in [5.41, 5.74) is 3.39. The number of rotatable bonds is 5. The molecular formula is C22H16N2O2. The molecule has 3 aromatic rings. The quantitative estimate of drug-likeness (QED) is 0.288. The molecule has 0 aliphatic rings. The lowest BCUT2D eigenvalue weighted by Crippen LogP contribution is -2.25. The molecule has 126 valence electrons. The van der Waals surface area contributed by atoms with Crippen molar-refractivity contribution in [1.29, 1.82) is 5.26 Å². The zero-order chi connectivity index (χ0) is 18.4. The van der Waals surface area contributed by atoms with Crippen LogP contribution >= 0.6 is 0 Å². The van der Waals surface area contributed by atoms with Crippen molar-refractivity contribution in [3.8, 4) is 12.0 Å². The van der Waals surface area contributed by atoms with Gasteiger partial charge in [0, 0.05) is 5.41 Å². The molecule has 0 saturated carbocycles. The van der Waals surface area contributed by atoms with E-state index in [1.54, 1.807) is 36.6 Å². The maximum absolute atomic E-state index is 10.5. The second kappa shape index (κ2) is 7.48. The van der Waals surface area contributed by atoms with Crippen molar-refractivity contribution >= 4 is 11.8 Å². The molecule has 0 aliphatic heterocycles. The smallest absolute Gasteiger partial charge is 0.292 e. The highest BCUT2D eigenvalue weighted by Crippen LogP contribution is 2.39. The highest BCUT2D eigenvalue weighted by Gasteiger charge is 2.31. The summed E-state index contributed by atoms with van der Waals surface area (Å²) in [6.45, 7) is 2.14. The summed E-state index contributed by atoms with van der Waals surface area (Å²) in [7, 11) is 0. The molecule has 4 heteroatoms. The van der Waals surface area contributed by atoms with E-state index in [1.165, 1.54) is 0 Å². The van der Waals surface area contributed by atoms with Gasteiger partial charge in [-0.25, -0.2) is 4.79 Å². The van der Waals surface area contributed by atoms with Crippen molar-refractivity contribution in [2.75, 3.05) is 0 Å². The maximum Gasteiger partial charge on any atom is 0.292 e. The first-order valence-corrected chi connectivity index (χ1v) is 8.09. The van der Waals surface area contributed by atoms with Gasteiger partial charge in [-0.05, 0) is 47.9 Å². The predicted octanol–water partition coefficient (Wildman–Crippen LogP) is 4.87. The monoisotopic (exact) mass is 340 g/mol. The number of aliphatic imine (C=N–C) groups is 1. The third-order valence-corrected chi connectivity index (χ3v) is 4.57. The van der Waals surface area contributed by atoms with Crippen LogP contribution in [0.2, 0.25) is 0 Å². The van der Waals surface area contributed by atoms with Crippen LogP contribution in [-0.4, -0.2) is 6.08 Å². The molecule has 0 saturated heterocycles.